The second-order valence-corrected chi connectivity index (χ2v) is 9.21. The van der Waals surface area contributed by atoms with Gasteiger partial charge in [0, 0.05) is 9.90 Å². The molecule has 0 radical (unpaired) electrons. The number of carbonyl (C=O) groups is 2. The smallest absolute Gasteiger partial charge is 0.329 e. The van der Waals surface area contributed by atoms with Gasteiger partial charge in [-0.15, -0.1) is 11.3 Å². The van der Waals surface area contributed by atoms with E-state index in [1.165, 1.54) is 17.6 Å². The van der Waals surface area contributed by atoms with Crippen molar-refractivity contribution >= 4 is 46.0 Å². The van der Waals surface area contributed by atoms with Gasteiger partial charge in [-0.2, -0.15) is 10.4 Å². The van der Waals surface area contributed by atoms with E-state index in [4.69, 9.17) is 16.3 Å². The van der Waals surface area contributed by atoms with E-state index in [0.29, 0.717) is 33.5 Å². The summed E-state index contributed by atoms with van der Waals surface area (Å²) in [6.07, 6.45) is 5.22. The van der Waals surface area contributed by atoms with Crippen LogP contribution in [0.15, 0.2) is 53.6 Å². The van der Waals surface area contributed by atoms with Crippen LogP contribution in [0.2, 0.25) is 5.02 Å². The Morgan fingerprint density at radius 1 is 1.15 bits per heavy atom. The number of thiophene rings is 1. The number of benzene rings is 2. The number of anilines is 1. The van der Waals surface area contributed by atoms with Crippen molar-refractivity contribution in [2.24, 2.45) is 5.10 Å². The number of nitrogens with zero attached hydrogens (tertiary/aromatic N) is 2. The summed E-state index contributed by atoms with van der Waals surface area (Å²) < 4.78 is 5.78. The molecule has 2 aromatic carbocycles. The molecule has 0 saturated carbocycles. The third kappa shape index (κ3) is 5.81. The van der Waals surface area contributed by atoms with Gasteiger partial charge in [-0.1, -0.05) is 35.9 Å². The lowest BCUT2D eigenvalue weighted by Crippen LogP contribution is -2.32. The topological polar surface area (TPSA) is 104 Å². The lowest BCUT2D eigenvalue weighted by Gasteiger charge is -2.09. The molecule has 9 heteroatoms. The third-order valence-electron chi connectivity index (χ3n) is 5.27. The summed E-state index contributed by atoms with van der Waals surface area (Å²) in [5, 5.41) is 17.0. The molecule has 1 aliphatic carbocycles. The van der Waals surface area contributed by atoms with E-state index < -0.39 is 11.8 Å². The Balaban J connectivity index is 1.32. The van der Waals surface area contributed by atoms with Crippen LogP contribution in [0.1, 0.15) is 40.0 Å². The number of amides is 2. The van der Waals surface area contributed by atoms with Crippen LogP contribution in [0.3, 0.4) is 0 Å². The third-order valence-corrected chi connectivity index (χ3v) is 6.73. The molecule has 1 aliphatic rings. The molecule has 0 fully saturated rings. The van der Waals surface area contributed by atoms with E-state index in [0.717, 1.165) is 41.7 Å². The monoisotopic (exact) mass is 492 g/mol. The van der Waals surface area contributed by atoms with Gasteiger partial charge in [0.2, 0.25) is 0 Å². The van der Waals surface area contributed by atoms with E-state index >= 15 is 0 Å². The largest absolute Gasteiger partial charge is 0.489 e. The maximum absolute atomic E-state index is 12.3. The molecule has 3 aromatic rings. The number of hydrazone groups is 1. The van der Waals surface area contributed by atoms with Crippen molar-refractivity contribution in [1.29, 1.82) is 5.26 Å². The van der Waals surface area contributed by atoms with Gasteiger partial charge in [-0.3, -0.25) is 9.59 Å². The first-order valence-electron chi connectivity index (χ1n) is 10.7. The summed E-state index contributed by atoms with van der Waals surface area (Å²) in [5.74, 6) is -1.15. The minimum atomic E-state index is -0.915. The number of fused-ring (bicyclic) bond motifs is 1. The van der Waals surface area contributed by atoms with Gasteiger partial charge in [0.25, 0.3) is 0 Å². The molecule has 172 valence electrons. The van der Waals surface area contributed by atoms with Crippen molar-refractivity contribution in [3.05, 3.63) is 80.7 Å². The van der Waals surface area contributed by atoms with Crippen molar-refractivity contribution in [1.82, 2.24) is 5.43 Å². The minimum Gasteiger partial charge on any atom is -0.489 e. The molecule has 0 saturated heterocycles. The first kappa shape index (κ1) is 23.5. The van der Waals surface area contributed by atoms with Crippen LogP contribution >= 0.6 is 22.9 Å². The fourth-order valence-corrected chi connectivity index (χ4v) is 4.94. The van der Waals surface area contributed by atoms with Gasteiger partial charge in [0.1, 0.15) is 23.4 Å². The zero-order chi connectivity index (χ0) is 23.9. The lowest BCUT2D eigenvalue weighted by molar-refractivity contribution is -0.136. The van der Waals surface area contributed by atoms with Gasteiger partial charge >= 0.3 is 11.8 Å². The van der Waals surface area contributed by atoms with Gasteiger partial charge in [0.15, 0.2) is 0 Å². The van der Waals surface area contributed by atoms with Crippen LogP contribution in [0.5, 0.6) is 5.75 Å². The molecule has 0 aliphatic heterocycles. The summed E-state index contributed by atoms with van der Waals surface area (Å²) in [4.78, 5) is 25.6. The van der Waals surface area contributed by atoms with E-state index in [9.17, 15) is 14.9 Å². The van der Waals surface area contributed by atoms with Gasteiger partial charge in [-0.05, 0) is 66.6 Å². The van der Waals surface area contributed by atoms with Crippen molar-refractivity contribution < 1.29 is 14.3 Å². The Labute approximate surface area is 206 Å². The molecule has 2 N–H and O–H groups in total. The van der Waals surface area contributed by atoms with Gasteiger partial charge in [0.05, 0.1) is 11.8 Å². The second kappa shape index (κ2) is 11.0. The fraction of sp³-hybridized carbons (Fsp3) is 0.200. The fourth-order valence-electron chi connectivity index (χ4n) is 3.58. The Bertz CT molecular complexity index is 1280. The van der Waals surface area contributed by atoms with Gasteiger partial charge in [-0.25, -0.2) is 5.43 Å². The van der Waals surface area contributed by atoms with E-state index in [2.05, 4.69) is 21.9 Å². The molecule has 2 amide bonds. The highest BCUT2D eigenvalue weighted by atomic mass is 35.5. The van der Waals surface area contributed by atoms with Crippen LogP contribution in [0.4, 0.5) is 5.00 Å². The summed E-state index contributed by atoms with van der Waals surface area (Å²) in [7, 11) is 0. The summed E-state index contributed by atoms with van der Waals surface area (Å²) >= 11 is 7.26. The number of halogens is 1. The van der Waals surface area contributed by atoms with Crippen LogP contribution in [-0.2, 0) is 29.0 Å². The number of ether oxygens (including phenoxy) is 1. The predicted molar refractivity (Wildman–Crippen MR) is 132 cm³/mol. The van der Waals surface area contributed by atoms with Crippen LogP contribution < -0.4 is 15.5 Å². The number of aryl methyl sites for hydroxylation is 1. The van der Waals surface area contributed by atoms with Crippen LogP contribution in [0, 0.1) is 11.3 Å². The zero-order valence-electron chi connectivity index (χ0n) is 18.1. The van der Waals surface area contributed by atoms with Crippen LogP contribution in [-0.4, -0.2) is 18.0 Å². The molecule has 0 bridgehead atoms. The molecule has 0 unspecified atom stereocenters. The average Bonchev–Trinajstić information content (AvgIpc) is 3.20. The standard InChI is InChI=1S/C25H21ClN4O3S/c26-18-10-8-16(9-11-18)15-33-19-5-3-4-17(12-19)14-28-30-24(32)23(31)29-25-21(13-27)20-6-1-2-7-22(20)34-25/h3-5,8-12,14H,1-2,6-7,15H2,(H,29,31)(H,30,32)/b28-14-. The molecule has 34 heavy (non-hydrogen) atoms. The highest BCUT2D eigenvalue weighted by Crippen LogP contribution is 2.37. The summed E-state index contributed by atoms with van der Waals surface area (Å²) in [5.41, 5.74) is 5.34. The average molecular weight is 493 g/mol. The van der Waals surface area contributed by atoms with E-state index in [1.807, 2.05) is 18.2 Å². The highest BCUT2D eigenvalue weighted by molar-refractivity contribution is 7.16. The number of hydrogen-bond donors (Lipinski definition) is 2. The number of nitriles is 1. The number of rotatable bonds is 6. The molecule has 0 atom stereocenters. The number of hydrogen-bond acceptors (Lipinski definition) is 6. The summed E-state index contributed by atoms with van der Waals surface area (Å²) in [6, 6.07) is 16.7. The second-order valence-electron chi connectivity index (χ2n) is 7.67. The van der Waals surface area contributed by atoms with E-state index in [1.54, 1.807) is 30.3 Å². The normalized spacial score (nSPS) is 12.6. The molecular weight excluding hydrogens is 472 g/mol. The number of nitrogens with one attached hydrogen (secondary N) is 2. The zero-order valence-corrected chi connectivity index (χ0v) is 19.7. The molecule has 7 nitrogen and oxygen atoms in total. The Morgan fingerprint density at radius 3 is 2.74 bits per heavy atom. The SMILES string of the molecule is N#Cc1c(NC(=O)C(=O)N/N=C\c2cccc(OCc3ccc(Cl)cc3)c2)sc2c1CCCC2. The van der Waals surface area contributed by atoms with Crippen molar-refractivity contribution in [3.8, 4) is 11.8 Å². The van der Waals surface area contributed by atoms with Crippen molar-refractivity contribution in [3.63, 3.8) is 0 Å². The minimum absolute atomic E-state index is 0.380. The highest BCUT2D eigenvalue weighted by Gasteiger charge is 2.23. The molecule has 4 rings (SSSR count). The van der Waals surface area contributed by atoms with Crippen LogP contribution in [0.25, 0.3) is 0 Å². The number of carbonyl (C=O) groups excluding carboxylic acids is 2. The molecule has 1 heterocycles. The molecular formula is C25H21ClN4O3S. The summed E-state index contributed by atoms with van der Waals surface area (Å²) in [6.45, 7) is 0.380. The van der Waals surface area contributed by atoms with Gasteiger partial charge < -0.3 is 10.1 Å². The van der Waals surface area contributed by atoms with Crippen molar-refractivity contribution in [2.45, 2.75) is 32.3 Å². The Morgan fingerprint density at radius 2 is 1.94 bits per heavy atom. The Kier molecular flexibility index (Phi) is 7.58. The molecule has 0 spiro atoms. The van der Waals surface area contributed by atoms with E-state index in [-0.39, 0.29) is 0 Å². The quantitative estimate of drug-likeness (QED) is 0.292. The Hall–Kier alpha value is -3.67. The maximum atomic E-state index is 12.3. The molecule has 1 aromatic heterocycles. The first-order valence-corrected chi connectivity index (χ1v) is 11.9. The lowest BCUT2D eigenvalue weighted by atomic mass is 9.96. The first-order chi connectivity index (χ1) is 16.5. The van der Waals surface area contributed by atoms with Crippen molar-refractivity contribution in [2.75, 3.05) is 5.32 Å². The maximum Gasteiger partial charge on any atom is 0.329 e. The predicted octanol–water partition coefficient (Wildman–Crippen LogP) is 4.82.